The Bertz CT molecular complexity index is 285. The maximum atomic E-state index is 11.4. The fourth-order valence-electron chi connectivity index (χ4n) is 1.49. The molecule has 98 valence electrons. The Morgan fingerprint density at radius 3 is 2.35 bits per heavy atom. The Labute approximate surface area is 101 Å². The van der Waals surface area contributed by atoms with Crippen molar-refractivity contribution in [2.75, 3.05) is 7.11 Å². The number of carboxylic acids is 1. The highest BCUT2D eigenvalue weighted by Gasteiger charge is 2.26. The molecule has 2 N–H and O–H groups in total. The van der Waals surface area contributed by atoms with E-state index in [9.17, 15) is 14.7 Å². The third kappa shape index (κ3) is 5.49. The molecule has 0 aliphatic rings. The zero-order chi connectivity index (χ0) is 13.4. The number of hydrogen-bond acceptors (Lipinski definition) is 4. The lowest BCUT2D eigenvalue weighted by molar-refractivity contribution is -0.147. The van der Waals surface area contributed by atoms with E-state index in [1.807, 2.05) is 6.92 Å². The predicted octanol–water partition coefficient (Wildman–Crippen LogP) is 1.36. The van der Waals surface area contributed by atoms with Crippen molar-refractivity contribution in [2.45, 2.75) is 38.7 Å². The van der Waals surface area contributed by atoms with Crippen LogP contribution in [0.5, 0.6) is 0 Å². The minimum atomic E-state index is -1.20. The van der Waals surface area contributed by atoms with Crippen LogP contribution in [0.4, 0.5) is 0 Å². The zero-order valence-electron chi connectivity index (χ0n) is 10.3. The van der Waals surface area contributed by atoms with E-state index in [2.05, 4.69) is 11.3 Å². The summed E-state index contributed by atoms with van der Waals surface area (Å²) in [5.41, 5.74) is -0.164. The summed E-state index contributed by atoms with van der Waals surface area (Å²) in [6, 6.07) is 0. The summed E-state index contributed by atoms with van der Waals surface area (Å²) in [5.74, 6) is -2.62. The standard InChI is InChI=1S/C12H20O5/c1-4-9(13)6-5-7-10(12(16)17-3)8(2)11(14)15/h9-10,13H,2,4-7H2,1,3H3,(H,14,15)/t9?,10-/m1/s1. The number of carbonyl (C=O) groups is 2. The van der Waals surface area contributed by atoms with Gasteiger partial charge in [0.05, 0.1) is 19.1 Å². The number of hydrogen-bond donors (Lipinski definition) is 2. The Hall–Kier alpha value is -1.36. The molecule has 1 unspecified atom stereocenters. The average molecular weight is 244 g/mol. The maximum absolute atomic E-state index is 11.4. The minimum absolute atomic E-state index is 0.164. The summed E-state index contributed by atoms with van der Waals surface area (Å²) >= 11 is 0. The van der Waals surface area contributed by atoms with Crippen molar-refractivity contribution < 1.29 is 24.5 Å². The summed E-state index contributed by atoms with van der Waals surface area (Å²) in [5, 5.41) is 18.2. The van der Waals surface area contributed by atoms with Crippen LogP contribution in [-0.4, -0.2) is 35.4 Å². The molecule has 0 aliphatic heterocycles. The van der Waals surface area contributed by atoms with Crippen LogP contribution in [0, 0.1) is 5.92 Å². The number of carboxylic acid groups (broad SMARTS) is 1. The lowest BCUT2D eigenvalue weighted by Crippen LogP contribution is -2.22. The third-order valence-corrected chi connectivity index (χ3v) is 2.68. The first kappa shape index (κ1) is 15.6. The molecule has 0 saturated heterocycles. The van der Waals surface area contributed by atoms with Crippen LogP contribution in [0.25, 0.3) is 0 Å². The number of ether oxygens (including phenoxy) is 1. The second-order valence-electron chi connectivity index (χ2n) is 3.90. The molecule has 0 aromatic carbocycles. The summed E-state index contributed by atoms with van der Waals surface area (Å²) in [4.78, 5) is 22.2. The highest BCUT2D eigenvalue weighted by Crippen LogP contribution is 2.19. The Balaban J connectivity index is 4.36. The van der Waals surface area contributed by atoms with Gasteiger partial charge in [0.15, 0.2) is 0 Å². The van der Waals surface area contributed by atoms with Gasteiger partial charge in [0.1, 0.15) is 0 Å². The van der Waals surface area contributed by atoms with Crippen molar-refractivity contribution in [2.24, 2.45) is 5.92 Å². The van der Waals surface area contributed by atoms with E-state index < -0.39 is 24.0 Å². The van der Waals surface area contributed by atoms with Gasteiger partial charge in [-0.15, -0.1) is 0 Å². The van der Waals surface area contributed by atoms with Gasteiger partial charge in [-0.2, -0.15) is 0 Å². The Morgan fingerprint density at radius 2 is 1.94 bits per heavy atom. The average Bonchev–Trinajstić information content (AvgIpc) is 2.32. The van der Waals surface area contributed by atoms with Crippen LogP contribution in [-0.2, 0) is 14.3 Å². The summed E-state index contributed by atoms with van der Waals surface area (Å²) in [6.07, 6.45) is 1.65. The van der Waals surface area contributed by atoms with Crippen molar-refractivity contribution in [3.05, 3.63) is 12.2 Å². The number of rotatable bonds is 8. The van der Waals surface area contributed by atoms with E-state index in [0.29, 0.717) is 25.7 Å². The molecule has 5 nitrogen and oxygen atoms in total. The minimum Gasteiger partial charge on any atom is -0.478 e. The van der Waals surface area contributed by atoms with E-state index in [1.54, 1.807) is 0 Å². The van der Waals surface area contributed by atoms with Gasteiger partial charge in [0.25, 0.3) is 0 Å². The second-order valence-corrected chi connectivity index (χ2v) is 3.90. The molecule has 0 aromatic rings. The van der Waals surface area contributed by atoms with Crippen molar-refractivity contribution >= 4 is 11.9 Å². The largest absolute Gasteiger partial charge is 0.478 e. The number of carbonyl (C=O) groups excluding carboxylic acids is 1. The smallest absolute Gasteiger partial charge is 0.331 e. The van der Waals surface area contributed by atoms with Gasteiger partial charge in [-0.3, -0.25) is 4.79 Å². The molecule has 5 heteroatoms. The van der Waals surface area contributed by atoms with Gasteiger partial charge in [0, 0.05) is 5.57 Å². The summed E-state index contributed by atoms with van der Waals surface area (Å²) < 4.78 is 4.54. The molecule has 0 bridgehead atoms. The highest BCUT2D eigenvalue weighted by molar-refractivity contribution is 5.93. The molecule has 0 aromatic heterocycles. The van der Waals surface area contributed by atoms with E-state index >= 15 is 0 Å². The van der Waals surface area contributed by atoms with Crippen molar-refractivity contribution in [3.8, 4) is 0 Å². The molecule has 0 amide bonds. The highest BCUT2D eigenvalue weighted by atomic mass is 16.5. The fraction of sp³-hybridized carbons (Fsp3) is 0.667. The fourth-order valence-corrected chi connectivity index (χ4v) is 1.49. The number of aliphatic hydroxyl groups excluding tert-OH is 1. The molecule has 0 aliphatic carbocycles. The topological polar surface area (TPSA) is 83.8 Å². The van der Waals surface area contributed by atoms with Crippen LogP contribution in [0.2, 0.25) is 0 Å². The van der Waals surface area contributed by atoms with Gasteiger partial charge in [0.2, 0.25) is 0 Å². The molecule has 0 heterocycles. The number of aliphatic hydroxyl groups is 1. The van der Waals surface area contributed by atoms with Crippen LogP contribution < -0.4 is 0 Å². The number of esters is 1. The normalized spacial score (nSPS) is 13.8. The zero-order valence-corrected chi connectivity index (χ0v) is 10.3. The molecule has 17 heavy (non-hydrogen) atoms. The number of methoxy groups -OCH3 is 1. The van der Waals surface area contributed by atoms with Crippen molar-refractivity contribution in [1.82, 2.24) is 0 Å². The van der Waals surface area contributed by atoms with Crippen molar-refractivity contribution in [3.63, 3.8) is 0 Å². The van der Waals surface area contributed by atoms with Crippen LogP contribution in [0.15, 0.2) is 12.2 Å². The SMILES string of the molecule is C=C(C(=O)O)[C@@H](CCCC(O)CC)C(=O)OC. The predicted molar refractivity (Wildman–Crippen MR) is 62.4 cm³/mol. The molecular weight excluding hydrogens is 224 g/mol. The van der Waals surface area contributed by atoms with Crippen LogP contribution in [0.3, 0.4) is 0 Å². The molecule has 0 spiro atoms. The first-order valence-electron chi connectivity index (χ1n) is 5.62. The third-order valence-electron chi connectivity index (χ3n) is 2.68. The van der Waals surface area contributed by atoms with Crippen molar-refractivity contribution in [1.29, 1.82) is 0 Å². The van der Waals surface area contributed by atoms with E-state index in [4.69, 9.17) is 5.11 Å². The van der Waals surface area contributed by atoms with Gasteiger partial charge >= 0.3 is 11.9 Å². The molecule has 0 saturated carbocycles. The van der Waals surface area contributed by atoms with Gasteiger partial charge in [-0.1, -0.05) is 13.5 Å². The van der Waals surface area contributed by atoms with Crippen LogP contribution >= 0.6 is 0 Å². The first-order chi connectivity index (χ1) is 7.93. The monoisotopic (exact) mass is 244 g/mol. The van der Waals surface area contributed by atoms with Crippen LogP contribution in [0.1, 0.15) is 32.6 Å². The number of aliphatic carboxylic acids is 1. The van der Waals surface area contributed by atoms with Gasteiger partial charge in [-0.05, 0) is 25.7 Å². The maximum Gasteiger partial charge on any atom is 0.331 e. The van der Waals surface area contributed by atoms with E-state index in [-0.39, 0.29) is 5.57 Å². The summed E-state index contributed by atoms with van der Waals surface area (Å²) in [7, 11) is 1.21. The molecule has 2 atom stereocenters. The Kier molecular flexibility index (Phi) is 7.21. The molecule has 0 rings (SSSR count). The first-order valence-corrected chi connectivity index (χ1v) is 5.62. The van der Waals surface area contributed by atoms with Gasteiger partial charge < -0.3 is 14.9 Å². The molecule has 0 fully saturated rings. The Morgan fingerprint density at radius 1 is 1.35 bits per heavy atom. The lowest BCUT2D eigenvalue weighted by Gasteiger charge is -2.15. The van der Waals surface area contributed by atoms with Gasteiger partial charge in [-0.25, -0.2) is 4.79 Å². The second kappa shape index (κ2) is 7.84. The van der Waals surface area contributed by atoms with E-state index in [0.717, 1.165) is 0 Å². The molecular formula is C12H20O5. The quantitative estimate of drug-likeness (QED) is 0.497. The van der Waals surface area contributed by atoms with E-state index in [1.165, 1.54) is 7.11 Å². The summed E-state index contributed by atoms with van der Waals surface area (Å²) in [6.45, 7) is 5.24. The lowest BCUT2D eigenvalue weighted by atomic mass is 9.93. The molecule has 0 radical (unpaired) electrons.